The van der Waals surface area contributed by atoms with Gasteiger partial charge in [0.15, 0.2) is 0 Å². The number of nitrogens with one attached hydrogen (secondary N) is 1. The summed E-state index contributed by atoms with van der Waals surface area (Å²) in [6.45, 7) is 2.98. The maximum absolute atomic E-state index is 12.2. The average molecular weight is 317 g/mol. The van der Waals surface area contributed by atoms with E-state index < -0.39 is 0 Å². The largest absolute Gasteiger partial charge is 0.352 e. The van der Waals surface area contributed by atoms with Gasteiger partial charge in [0.2, 0.25) is 0 Å². The number of amides is 1. The van der Waals surface area contributed by atoms with Crippen molar-refractivity contribution in [2.75, 3.05) is 19.6 Å². The molecule has 5 nitrogen and oxygen atoms in total. The lowest BCUT2D eigenvalue weighted by atomic mass is 9.95. The van der Waals surface area contributed by atoms with Crippen LogP contribution in [0.3, 0.4) is 0 Å². The lowest BCUT2D eigenvalue weighted by Gasteiger charge is -2.36. The summed E-state index contributed by atoms with van der Waals surface area (Å²) in [5.74, 6) is 0.286. The van der Waals surface area contributed by atoms with Crippen molar-refractivity contribution in [2.45, 2.75) is 44.6 Å². The van der Waals surface area contributed by atoms with Crippen molar-refractivity contribution in [2.24, 2.45) is 13.0 Å². The molecule has 1 aliphatic heterocycles. The molecule has 2 fully saturated rings. The highest BCUT2D eigenvalue weighted by Crippen LogP contribution is 2.27. The molecule has 0 aromatic carbocycles. The quantitative estimate of drug-likeness (QED) is 0.921. The molecule has 2 aliphatic rings. The average Bonchev–Trinajstić information content (AvgIpc) is 3.10. The van der Waals surface area contributed by atoms with Crippen LogP contribution in [0.1, 0.15) is 48.9 Å². The van der Waals surface area contributed by atoms with E-state index >= 15 is 0 Å². The molecule has 1 aromatic heterocycles. The molecule has 2 heterocycles. The van der Waals surface area contributed by atoms with Crippen LogP contribution in [0, 0.1) is 5.92 Å². The number of pyridine rings is 1. The van der Waals surface area contributed by atoms with Gasteiger partial charge in [0, 0.05) is 25.8 Å². The molecule has 0 spiro atoms. The van der Waals surface area contributed by atoms with E-state index in [0.29, 0.717) is 12.5 Å². The summed E-state index contributed by atoms with van der Waals surface area (Å²) in [7, 11) is 1.66. The zero-order chi connectivity index (χ0) is 16.2. The van der Waals surface area contributed by atoms with E-state index in [2.05, 4.69) is 10.2 Å². The maximum atomic E-state index is 12.2. The summed E-state index contributed by atoms with van der Waals surface area (Å²) >= 11 is 0. The molecule has 1 aliphatic carbocycles. The molecule has 1 saturated carbocycles. The molecule has 0 atom stereocenters. The van der Waals surface area contributed by atoms with Crippen LogP contribution in [0.4, 0.5) is 0 Å². The molecule has 1 saturated heterocycles. The number of aryl methyl sites for hydroxylation is 1. The Hall–Kier alpha value is -1.62. The first-order valence-electron chi connectivity index (χ1n) is 8.83. The SMILES string of the molecule is Cn1cccc(C(=O)NCC2CCN(C3CCCC3)CC2)c1=O. The smallest absolute Gasteiger partial charge is 0.263 e. The Labute approximate surface area is 137 Å². The fraction of sp³-hybridized carbons (Fsp3) is 0.667. The molecule has 1 N–H and O–H groups in total. The molecule has 3 rings (SSSR count). The molecule has 1 aromatic rings. The van der Waals surface area contributed by atoms with E-state index in [0.717, 1.165) is 32.0 Å². The highest BCUT2D eigenvalue weighted by atomic mass is 16.2. The highest BCUT2D eigenvalue weighted by Gasteiger charge is 2.27. The zero-order valence-electron chi connectivity index (χ0n) is 14.0. The predicted octanol–water partition coefficient (Wildman–Crippen LogP) is 1.77. The van der Waals surface area contributed by atoms with Gasteiger partial charge in [-0.1, -0.05) is 12.8 Å². The van der Waals surface area contributed by atoms with Crippen LogP contribution in [-0.4, -0.2) is 41.1 Å². The third-order valence-electron chi connectivity index (χ3n) is 5.41. The van der Waals surface area contributed by atoms with Crippen LogP contribution < -0.4 is 10.9 Å². The number of hydrogen-bond donors (Lipinski definition) is 1. The summed E-state index contributed by atoms with van der Waals surface area (Å²) in [5.41, 5.74) is -0.000515. The number of hydrogen-bond acceptors (Lipinski definition) is 3. The Kier molecular flexibility index (Phi) is 5.16. The standard InChI is InChI=1S/C18H27N3O2/c1-20-10-4-7-16(18(20)23)17(22)19-13-14-8-11-21(12-9-14)15-5-2-3-6-15/h4,7,10,14-15H,2-3,5-6,8-9,11-13H2,1H3,(H,19,22). The van der Waals surface area contributed by atoms with Gasteiger partial charge in [0.05, 0.1) is 0 Å². The van der Waals surface area contributed by atoms with Gasteiger partial charge in [0.25, 0.3) is 11.5 Å². The Morgan fingerprint density at radius 2 is 1.91 bits per heavy atom. The van der Waals surface area contributed by atoms with Gasteiger partial charge < -0.3 is 14.8 Å². The normalized spacial score (nSPS) is 20.7. The Morgan fingerprint density at radius 3 is 2.61 bits per heavy atom. The number of carbonyl (C=O) groups is 1. The van der Waals surface area contributed by atoms with E-state index in [1.807, 2.05) is 0 Å². The summed E-state index contributed by atoms with van der Waals surface area (Å²) in [4.78, 5) is 26.8. The first kappa shape index (κ1) is 16.2. The van der Waals surface area contributed by atoms with Gasteiger partial charge in [-0.3, -0.25) is 9.59 Å². The third-order valence-corrected chi connectivity index (χ3v) is 5.41. The van der Waals surface area contributed by atoms with Crippen LogP contribution >= 0.6 is 0 Å². The van der Waals surface area contributed by atoms with Crippen LogP contribution in [0.25, 0.3) is 0 Å². The van der Waals surface area contributed by atoms with Gasteiger partial charge in [-0.2, -0.15) is 0 Å². The molecular weight excluding hydrogens is 290 g/mol. The minimum Gasteiger partial charge on any atom is -0.352 e. The van der Waals surface area contributed by atoms with Crippen molar-refractivity contribution in [1.29, 1.82) is 0 Å². The summed E-state index contributed by atoms with van der Waals surface area (Å²) in [5, 5.41) is 2.95. The summed E-state index contributed by atoms with van der Waals surface area (Å²) < 4.78 is 1.44. The van der Waals surface area contributed by atoms with Crippen LogP contribution in [0.2, 0.25) is 0 Å². The molecule has 23 heavy (non-hydrogen) atoms. The Bertz CT molecular complexity index is 597. The van der Waals surface area contributed by atoms with E-state index in [1.165, 1.54) is 30.3 Å². The Morgan fingerprint density at radius 1 is 1.22 bits per heavy atom. The third kappa shape index (κ3) is 3.83. The Balaban J connectivity index is 1.47. The van der Waals surface area contributed by atoms with Crippen LogP contribution in [0.5, 0.6) is 0 Å². The molecule has 5 heteroatoms. The van der Waals surface area contributed by atoms with Crippen molar-refractivity contribution >= 4 is 5.91 Å². The molecule has 1 amide bonds. The fourth-order valence-corrected chi connectivity index (χ4v) is 3.89. The van der Waals surface area contributed by atoms with Gasteiger partial charge in [-0.15, -0.1) is 0 Å². The molecule has 0 unspecified atom stereocenters. The van der Waals surface area contributed by atoms with Gasteiger partial charge in [-0.25, -0.2) is 0 Å². The maximum Gasteiger partial charge on any atom is 0.263 e. The van der Waals surface area contributed by atoms with Crippen molar-refractivity contribution in [1.82, 2.24) is 14.8 Å². The molecule has 0 bridgehead atoms. The number of rotatable bonds is 4. The number of likely N-dealkylation sites (tertiary alicyclic amines) is 1. The number of aromatic nitrogens is 1. The van der Waals surface area contributed by atoms with Gasteiger partial charge in [-0.05, 0) is 56.8 Å². The van der Waals surface area contributed by atoms with Gasteiger partial charge in [0.1, 0.15) is 5.56 Å². The second kappa shape index (κ2) is 7.30. The zero-order valence-corrected chi connectivity index (χ0v) is 14.0. The molecule has 0 radical (unpaired) electrons. The second-order valence-corrected chi connectivity index (χ2v) is 6.97. The first-order valence-corrected chi connectivity index (χ1v) is 8.83. The second-order valence-electron chi connectivity index (χ2n) is 6.97. The monoisotopic (exact) mass is 317 g/mol. The lowest BCUT2D eigenvalue weighted by molar-refractivity contribution is 0.0922. The van der Waals surface area contributed by atoms with E-state index in [4.69, 9.17) is 0 Å². The van der Waals surface area contributed by atoms with Crippen LogP contribution in [0.15, 0.2) is 23.1 Å². The first-order chi connectivity index (χ1) is 11.1. The number of nitrogens with zero attached hydrogens (tertiary/aromatic N) is 2. The predicted molar refractivity (Wildman–Crippen MR) is 90.6 cm³/mol. The molecular formula is C18H27N3O2. The minimum atomic E-state index is -0.246. The summed E-state index contributed by atoms with van der Waals surface area (Å²) in [6, 6.07) is 4.13. The van der Waals surface area contributed by atoms with Crippen molar-refractivity contribution in [3.8, 4) is 0 Å². The van der Waals surface area contributed by atoms with Crippen molar-refractivity contribution < 1.29 is 4.79 Å². The lowest BCUT2D eigenvalue weighted by Crippen LogP contribution is -2.43. The fourth-order valence-electron chi connectivity index (χ4n) is 3.89. The van der Waals surface area contributed by atoms with Crippen molar-refractivity contribution in [3.05, 3.63) is 34.2 Å². The van der Waals surface area contributed by atoms with E-state index in [9.17, 15) is 9.59 Å². The van der Waals surface area contributed by atoms with E-state index in [1.54, 1.807) is 25.4 Å². The van der Waals surface area contributed by atoms with Gasteiger partial charge >= 0.3 is 0 Å². The van der Waals surface area contributed by atoms with Crippen molar-refractivity contribution in [3.63, 3.8) is 0 Å². The summed E-state index contributed by atoms with van der Waals surface area (Å²) in [6.07, 6.45) is 9.43. The highest BCUT2D eigenvalue weighted by molar-refractivity contribution is 5.93. The molecule has 126 valence electrons. The van der Waals surface area contributed by atoms with E-state index in [-0.39, 0.29) is 17.0 Å². The topological polar surface area (TPSA) is 54.3 Å². The van der Waals surface area contributed by atoms with Crippen LogP contribution in [-0.2, 0) is 7.05 Å². The minimum absolute atomic E-state index is 0.235. The number of carbonyl (C=O) groups excluding carboxylic acids is 1. The number of piperidine rings is 1.